The van der Waals surface area contributed by atoms with Gasteiger partial charge in [0.2, 0.25) is 0 Å². The first kappa shape index (κ1) is 20.3. The molecule has 26 heavy (non-hydrogen) atoms. The molecule has 0 radical (unpaired) electrons. The summed E-state index contributed by atoms with van der Waals surface area (Å²) in [5.74, 6) is 0.487. The lowest BCUT2D eigenvalue weighted by atomic mass is 9.83. The Kier molecular flexibility index (Phi) is 7.06. The van der Waals surface area contributed by atoms with Crippen molar-refractivity contribution in [3.63, 3.8) is 0 Å². The van der Waals surface area contributed by atoms with Crippen molar-refractivity contribution in [2.75, 3.05) is 14.2 Å². The highest BCUT2D eigenvalue weighted by atomic mass is 16.5. The predicted molar refractivity (Wildman–Crippen MR) is 104 cm³/mol. The molecule has 0 atom stereocenters. The van der Waals surface area contributed by atoms with E-state index in [1.807, 2.05) is 38.1 Å². The molecular weight excluding hydrogens is 328 g/mol. The fourth-order valence-electron chi connectivity index (χ4n) is 3.57. The van der Waals surface area contributed by atoms with Crippen molar-refractivity contribution in [1.82, 2.24) is 0 Å². The van der Waals surface area contributed by atoms with Crippen molar-refractivity contribution in [2.24, 2.45) is 0 Å². The first-order valence-electron chi connectivity index (χ1n) is 9.05. The number of hydrogen-bond donors (Lipinski definition) is 2. The molecule has 0 heterocycles. The standard InChI is InChI=1S/C22H30O4/c1-6-7-18(19-10-16(12-25-4)8-14(2)21(19)23)20-11-17(13-26-5)9-15(3)22(20)24/h8-11,18,23-24H,6-7,12-13H2,1-5H3. The van der Waals surface area contributed by atoms with Crippen LogP contribution in [0.4, 0.5) is 0 Å². The number of methoxy groups -OCH3 is 2. The summed E-state index contributed by atoms with van der Waals surface area (Å²) in [4.78, 5) is 0. The van der Waals surface area contributed by atoms with Crippen LogP contribution in [0.1, 0.15) is 59.1 Å². The van der Waals surface area contributed by atoms with E-state index in [0.717, 1.165) is 46.2 Å². The van der Waals surface area contributed by atoms with Gasteiger partial charge >= 0.3 is 0 Å². The maximum Gasteiger partial charge on any atom is 0.122 e. The van der Waals surface area contributed by atoms with Gasteiger partial charge in [-0.15, -0.1) is 0 Å². The molecule has 0 aliphatic rings. The zero-order valence-corrected chi connectivity index (χ0v) is 16.4. The number of aryl methyl sites for hydroxylation is 2. The summed E-state index contributed by atoms with van der Waals surface area (Å²) < 4.78 is 10.5. The van der Waals surface area contributed by atoms with Crippen LogP contribution in [0.25, 0.3) is 0 Å². The average Bonchev–Trinajstić information content (AvgIpc) is 2.60. The summed E-state index contributed by atoms with van der Waals surface area (Å²) in [5.41, 5.74) is 5.34. The molecule has 4 heteroatoms. The molecule has 0 saturated carbocycles. The zero-order chi connectivity index (χ0) is 19.3. The van der Waals surface area contributed by atoms with E-state index in [1.165, 1.54) is 0 Å². The van der Waals surface area contributed by atoms with Gasteiger partial charge in [-0.05, 0) is 54.7 Å². The molecule has 0 aliphatic carbocycles. The van der Waals surface area contributed by atoms with Gasteiger partial charge in [0, 0.05) is 31.3 Å². The lowest BCUT2D eigenvalue weighted by Crippen LogP contribution is -2.06. The zero-order valence-electron chi connectivity index (χ0n) is 16.4. The normalized spacial score (nSPS) is 11.3. The van der Waals surface area contributed by atoms with Gasteiger partial charge in [0.1, 0.15) is 11.5 Å². The van der Waals surface area contributed by atoms with Gasteiger partial charge in [-0.2, -0.15) is 0 Å². The highest BCUT2D eigenvalue weighted by Gasteiger charge is 2.23. The van der Waals surface area contributed by atoms with E-state index < -0.39 is 0 Å². The lowest BCUT2D eigenvalue weighted by molar-refractivity contribution is 0.184. The van der Waals surface area contributed by atoms with E-state index in [2.05, 4.69) is 6.92 Å². The van der Waals surface area contributed by atoms with E-state index in [1.54, 1.807) is 14.2 Å². The third kappa shape index (κ3) is 4.37. The van der Waals surface area contributed by atoms with E-state index in [4.69, 9.17) is 9.47 Å². The van der Waals surface area contributed by atoms with Gasteiger partial charge < -0.3 is 19.7 Å². The van der Waals surface area contributed by atoms with Gasteiger partial charge in [0.15, 0.2) is 0 Å². The maximum absolute atomic E-state index is 10.7. The lowest BCUT2D eigenvalue weighted by Gasteiger charge is -2.23. The topological polar surface area (TPSA) is 58.9 Å². The van der Waals surface area contributed by atoms with Crippen LogP contribution in [0.3, 0.4) is 0 Å². The van der Waals surface area contributed by atoms with E-state index in [-0.39, 0.29) is 17.4 Å². The Morgan fingerprint density at radius 3 is 1.58 bits per heavy atom. The summed E-state index contributed by atoms with van der Waals surface area (Å²) in [6.07, 6.45) is 1.76. The molecule has 2 aromatic rings. The average molecular weight is 358 g/mol. The van der Waals surface area contributed by atoms with Crippen molar-refractivity contribution >= 4 is 0 Å². The van der Waals surface area contributed by atoms with Crippen LogP contribution >= 0.6 is 0 Å². The minimum atomic E-state index is -0.0917. The van der Waals surface area contributed by atoms with Crippen LogP contribution in [-0.4, -0.2) is 24.4 Å². The monoisotopic (exact) mass is 358 g/mol. The third-order valence-electron chi connectivity index (χ3n) is 4.73. The third-order valence-corrected chi connectivity index (χ3v) is 4.73. The fourth-order valence-corrected chi connectivity index (χ4v) is 3.57. The van der Waals surface area contributed by atoms with Crippen LogP contribution in [0.15, 0.2) is 24.3 Å². The Morgan fingerprint density at radius 2 is 1.23 bits per heavy atom. The van der Waals surface area contributed by atoms with Gasteiger partial charge in [0.25, 0.3) is 0 Å². The number of hydrogen-bond acceptors (Lipinski definition) is 4. The number of benzene rings is 2. The molecule has 2 aromatic carbocycles. The van der Waals surface area contributed by atoms with Crippen molar-refractivity contribution in [3.8, 4) is 11.5 Å². The van der Waals surface area contributed by atoms with Crippen LogP contribution in [0, 0.1) is 13.8 Å². The van der Waals surface area contributed by atoms with Crippen molar-refractivity contribution < 1.29 is 19.7 Å². The van der Waals surface area contributed by atoms with Crippen LogP contribution < -0.4 is 0 Å². The number of aromatic hydroxyl groups is 2. The minimum Gasteiger partial charge on any atom is -0.507 e. The largest absolute Gasteiger partial charge is 0.507 e. The van der Waals surface area contributed by atoms with Gasteiger partial charge in [-0.25, -0.2) is 0 Å². The van der Waals surface area contributed by atoms with Gasteiger partial charge in [-0.3, -0.25) is 0 Å². The number of phenols is 2. The van der Waals surface area contributed by atoms with Crippen LogP contribution in [0.5, 0.6) is 11.5 Å². The highest BCUT2D eigenvalue weighted by Crippen LogP contribution is 2.42. The highest BCUT2D eigenvalue weighted by molar-refractivity contribution is 5.53. The summed E-state index contributed by atoms with van der Waals surface area (Å²) in [5, 5.41) is 21.5. The molecule has 0 amide bonds. The molecule has 2 N–H and O–H groups in total. The summed E-state index contributed by atoms with van der Waals surface area (Å²) in [6, 6.07) is 7.86. The molecule has 2 rings (SSSR count). The first-order chi connectivity index (χ1) is 12.4. The van der Waals surface area contributed by atoms with Gasteiger partial charge in [0.05, 0.1) is 13.2 Å². The molecule has 142 valence electrons. The molecular formula is C22H30O4. The second-order valence-electron chi connectivity index (χ2n) is 6.91. The molecule has 0 saturated heterocycles. The summed E-state index contributed by atoms with van der Waals surface area (Å²) >= 11 is 0. The molecule has 4 nitrogen and oxygen atoms in total. The molecule has 0 fully saturated rings. The number of phenolic OH excluding ortho intramolecular Hbond substituents is 2. The summed E-state index contributed by atoms with van der Waals surface area (Å²) in [7, 11) is 3.32. The predicted octanol–water partition coefficient (Wildman–Crippen LogP) is 4.94. The Labute approximate surface area is 156 Å². The molecule has 0 aromatic heterocycles. The quantitative estimate of drug-likeness (QED) is 0.702. The van der Waals surface area contributed by atoms with Crippen molar-refractivity contribution in [1.29, 1.82) is 0 Å². The number of ether oxygens (including phenoxy) is 2. The molecule has 0 bridgehead atoms. The van der Waals surface area contributed by atoms with E-state index >= 15 is 0 Å². The van der Waals surface area contributed by atoms with Crippen molar-refractivity contribution in [2.45, 2.75) is 52.7 Å². The Bertz CT molecular complexity index is 691. The van der Waals surface area contributed by atoms with Crippen molar-refractivity contribution in [3.05, 3.63) is 57.6 Å². The van der Waals surface area contributed by atoms with Crippen LogP contribution in [0.2, 0.25) is 0 Å². The second-order valence-corrected chi connectivity index (χ2v) is 6.91. The molecule has 0 aliphatic heterocycles. The fraction of sp³-hybridized carbons (Fsp3) is 0.455. The van der Waals surface area contributed by atoms with Crippen LogP contribution in [-0.2, 0) is 22.7 Å². The van der Waals surface area contributed by atoms with E-state index in [9.17, 15) is 10.2 Å². The summed E-state index contributed by atoms with van der Waals surface area (Å²) in [6.45, 7) is 6.88. The minimum absolute atomic E-state index is 0.0917. The molecule has 0 unspecified atom stereocenters. The van der Waals surface area contributed by atoms with E-state index in [0.29, 0.717) is 13.2 Å². The SMILES string of the molecule is CCCC(c1cc(COC)cc(C)c1O)c1cc(COC)cc(C)c1O. The maximum atomic E-state index is 10.7. The Hall–Kier alpha value is -2.04. The smallest absolute Gasteiger partial charge is 0.122 e. The molecule has 0 spiro atoms. The number of rotatable bonds is 8. The Morgan fingerprint density at radius 1 is 0.808 bits per heavy atom. The van der Waals surface area contributed by atoms with Gasteiger partial charge in [-0.1, -0.05) is 25.5 Å². The Balaban J connectivity index is 2.63. The first-order valence-corrected chi connectivity index (χ1v) is 9.05. The second kappa shape index (κ2) is 9.06.